The van der Waals surface area contributed by atoms with Gasteiger partial charge in [0.1, 0.15) is 0 Å². The summed E-state index contributed by atoms with van der Waals surface area (Å²) in [6.45, 7) is 5.85. The second kappa shape index (κ2) is 4.58. The maximum atomic E-state index is 6.01. The lowest BCUT2D eigenvalue weighted by Crippen LogP contribution is -2.10. The van der Waals surface area contributed by atoms with Crippen molar-refractivity contribution in [3.8, 4) is 0 Å². The first kappa shape index (κ1) is 10.5. The third-order valence-corrected chi connectivity index (χ3v) is 2.60. The van der Waals surface area contributed by atoms with E-state index in [9.17, 15) is 0 Å². The van der Waals surface area contributed by atoms with Gasteiger partial charge in [-0.2, -0.15) is 0 Å². The van der Waals surface area contributed by atoms with Crippen LogP contribution in [0.15, 0.2) is 40.9 Å². The maximum Gasteiger partial charge on any atom is 0.0343 e. The fourth-order valence-corrected chi connectivity index (χ4v) is 1.84. The van der Waals surface area contributed by atoms with Gasteiger partial charge in [0.15, 0.2) is 0 Å². The average molecular weight is 240 g/mol. The highest BCUT2D eigenvalue weighted by molar-refractivity contribution is 9.10. The van der Waals surface area contributed by atoms with Crippen LogP contribution in [-0.4, -0.2) is 0 Å². The molecule has 1 aromatic carbocycles. The van der Waals surface area contributed by atoms with Gasteiger partial charge in [-0.05, 0) is 25.0 Å². The fraction of sp³-hybridized carbons (Fsp3) is 0.273. The Balaban J connectivity index is 2.82. The van der Waals surface area contributed by atoms with E-state index in [1.165, 1.54) is 0 Å². The first-order valence-corrected chi connectivity index (χ1v) is 5.05. The number of rotatable bonds is 3. The molecule has 2 N–H and O–H groups in total. The Morgan fingerprint density at radius 2 is 2.15 bits per heavy atom. The summed E-state index contributed by atoms with van der Waals surface area (Å²) in [6, 6.07) is 8.08. The first-order valence-electron chi connectivity index (χ1n) is 4.25. The summed E-state index contributed by atoms with van der Waals surface area (Å²) in [7, 11) is 0. The minimum Gasteiger partial charge on any atom is -0.324 e. The van der Waals surface area contributed by atoms with Crippen molar-refractivity contribution in [3.63, 3.8) is 0 Å². The molecule has 70 valence electrons. The molecule has 1 nitrogen and oxygen atoms in total. The molecule has 0 radical (unpaired) electrons. The molecule has 0 heterocycles. The fourth-order valence-electron chi connectivity index (χ4n) is 1.26. The van der Waals surface area contributed by atoms with Crippen molar-refractivity contribution >= 4 is 15.9 Å². The molecule has 1 atom stereocenters. The lowest BCUT2D eigenvalue weighted by Gasteiger charge is -2.13. The van der Waals surface area contributed by atoms with E-state index in [0.29, 0.717) is 0 Å². The molecule has 1 rings (SSSR count). The minimum atomic E-state index is 0.0491. The Labute approximate surface area is 87.8 Å². The summed E-state index contributed by atoms with van der Waals surface area (Å²) < 4.78 is 1.07. The lowest BCUT2D eigenvalue weighted by molar-refractivity contribution is 0.714. The van der Waals surface area contributed by atoms with Crippen molar-refractivity contribution in [1.29, 1.82) is 0 Å². The molecule has 0 aliphatic heterocycles. The van der Waals surface area contributed by atoms with Crippen molar-refractivity contribution in [2.75, 3.05) is 0 Å². The van der Waals surface area contributed by atoms with Crippen LogP contribution in [0.4, 0.5) is 0 Å². The van der Waals surface area contributed by atoms with Gasteiger partial charge >= 0.3 is 0 Å². The summed E-state index contributed by atoms with van der Waals surface area (Å²) in [6.07, 6.45) is 0.836. The van der Waals surface area contributed by atoms with Crippen molar-refractivity contribution < 1.29 is 0 Å². The molecular weight excluding hydrogens is 226 g/mol. The second-order valence-electron chi connectivity index (χ2n) is 3.29. The van der Waals surface area contributed by atoms with Gasteiger partial charge in [-0.15, -0.1) is 6.58 Å². The van der Waals surface area contributed by atoms with Crippen molar-refractivity contribution in [1.82, 2.24) is 0 Å². The molecule has 0 unspecified atom stereocenters. The normalized spacial score (nSPS) is 12.5. The molecular formula is C11H14BrN. The third-order valence-electron chi connectivity index (χ3n) is 1.87. The van der Waals surface area contributed by atoms with Crippen molar-refractivity contribution in [3.05, 3.63) is 46.5 Å². The van der Waals surface area contributed by atoms with Gasteiger partial charge in [0.2, 0.25) is 0 Å². The molecule has 0 saturated carbocycles. The molecule has 0 aliphatic carbocycles. The number of benzene rings is 1. The van der Waals surface area contributed by atoms with Gasteiger partial charge in [0, 0.05) is 10.5 Å². The van der Waals surface area contributed by atoms with Crippen LogP contribution >= 0.6 is 15.9 Å². The summed E-state index contributed by atoms with van der Waals surface area (Å²) in [5.74, 6) is 0. The van der Waals surface area contributed by atoms with E-state index in [2.05, 4.69) is 22.5 Å². The zero-order valence-corrected chi connectivity index (χ0v) is 9.34. The molecule has 0 spiro atoms. The van der Waals surface area contributed by atoms with E-state index in [0.717, 1.165) is 22.0 Å². The average Bonchev–Trinajstić information content (AvgIpc) is 2.03. The number of halogens is 1. The third kappa shape index (κ3) is 2.98. The van der Waals surface area contributed by atoms with Crippen LogP contribution in [0.1, 0.15) is 24.9 Å². The highest BCUT2D eigenvalue weighted by atomic mass is 79.9. The van der Waals surface area contributed by atoms with Gasteiger partial charge in [0.25, 0.3) is 0 Å². The molecule has 0 saturated heterocycles. The maximum absolute atomic E-state index is 6.01. The smallest absolute Gasteiger partial charge is 0.0343 e. The SMILES string of the molecule is C=C(C)C[C@H](N)c1ccccc1Br. The van der Waals surface area contributed by atoms with E-state index < -0.39 is 0 Å². The van der Waals surface area contributed by atoms with E-state index >= 15 is 0 Å². The highest BCUT2D eigenvalue weighted by Crippen LogP contribution is 2.25. The Morgan fingerprint density at radius 3 is 2.69 bits per heavy atom. The van der Waals surface area contributed by atoms with Gasteiger partial charge in [-0.3, -0.25) is 0 Å². The largest absolute Gasteiger partial charge is 0.324 e. The minimum absolute atomic E-state index is 0.0491. The van der Waals surface area contributed by atoms with Crippen LogP contribution < -0.4 is 5.73 Å². The van der Waals surface area contributed by atoms with Crippen LogP contribution in [-0.2, 0) is 0 Å². The Bertz CT molecular complexity index is 307. The van der Waals surface area contributed by atoms with Crippen LogP contribution in [0, 0.1) is 0 Å². The first-order chi connectivity index (χ1) is 6.11. The zero-order chi connectivity index (χ0) is 9.84. The number of hydrogen-bond donors (Lipinski definition) is 1. The van der Waals surface area contributed by atoms with Gasteiger partial charge in [-0.25, -0.2) is 0 Å². The van der Waals surface area contributed by atoms with Crippen LogP contribution in [0.25, 0.3) is 0 Å². The lowest BCUT2D eigenvalue weighted by atomic mass is 10.0. The topological polar surface area (TPSA) is 26.0 Å². The molecule has 2 heteroatoms. The highest BCUT2D eigenvalue weighted by Gasteiger charge is 2.08. The van der Waals surface area contributed by atoms with Crippen LogP contribution in [0.2, 0.25) is 0 Å². The summed E-state index contributed by atoms with van der Waals surface area (Å²) in [5, 5.41) is 0. The molecule has 0 aliphatic rings. The molecule has 0 amide bonds. The van der Waals surface area contributed by atoms with Gasteiger partial charge in [-0.1, -0.05) is 39.7 Å². The van der Waals surface area contributed by atoms with Crippen molar-refractivity contribution in [2.24, 2.45) is 5.73 Å². The monoisotopic (exact) mass is 239 g/mol. The quantitative estimate of drug-likeness (QED) is 0.805. The molecule has 0 fully saturated rings. The van der Waals surface area contributed by atoms with Crippen LogP contribution in [0.5, 0.6) is 0 Å². The molecule has 1 aromatic rings. The van der Waals surface area contributed by atoms with Crippen LogP contribution in [0.3, 0.4) is 0 Å². The Kier molecular flexibility index (Phi) is 3.70. The summed E-state index contributed by atoms with van der Waals surface area (Å²) in [5.41, 5.74) is 8.26. The van der Waals surface area contributed by atoms with Crippen molar-refractivity contribution in [2.45, 2.75) is 19.4 Å². The van der Waals surface area contributed by atoms with Gasteiger partial charge < -0.3 is 5.73 Å². The van der Waals surface area contributed by atoms with Gasteiger partial charge in [0.05, 0.1) is 0 Å². The standard InChI is InChI=1S/C11H14BrN/c1-8(2)7-11(13)9-5-3-4-6-10(9)12/h3-6,11H,1,7,13H2,2H3/t11-/m0/s1. The Morgan fingerprint density at radius 1 is 1.54 bits per heavy atom. The zero-order valence-electron chi connectivity index (χ0n) is 7.76. The summed E-state index contributed by atoms with van der Waals surface area (Å²) in [4.78, 5) is 0. The molecule has 13 heavy (non-hydrogen) atoms. The predicted molar refractivity (Wildman–Crippen MR) is 60.5 cm³/mol. The predicted octanol–water partition coefficient (Wildman–Crippen LogP) is 3.42. The number of hydrogen-bond acceptors (Lipinski definition) is 1. The molecule has 0 aromatic heterocycles. The molecule has 0 bridgehead atoms. The van der Waals surface area contributed by atoms with E-state index in [1.807, 2.05) is 31.2 Å². The summed E-state index contributed by atoms with van der Waals surface area (Å²) >= 11 is 3.48. The van der Waals surface area contributed by atoms with E-state index in [4.69, 9.17) is 5.73 Å². The van der Waals surface area contributed by atoms with E-state index in [1.54, 1.807) is 0 Å². The second-order valence-corrected chi connectivity index (χ2v) is 4.14. The van der Waals surface area contributed by atoms with E-state index in [-0.39, 0.29) is 6.04 Å². The number of nitrogens with two attached hydrogens (primary N) is 1. The Hall–Kier alpha value is -0.600.